The highest BCUT2D eigenvalue weighted by atomic mass is 15.0. The number of rotatable bonds is 6. The van der Waals surface area contributed by atoms with Gasteiger partial charge in [0.25, 0.3) is 0 Å². The van der Waals surface area contributed by atoms with Crippen LogP contribution in [0.25, 0.3) is 73.4 Å². The molecule has 5 aromatic carbocycles. The highest BCUT2D eigenvalue weighted by Gasteiger charge is 2.12. The normalized spacial score (nSPS) is 11.5. The lowest BCUT2D eigenvalue weighted by Gasteiger charge is -2.10. The van der Waals surface area contributed by atoms with Crippen molar-refractivity contribution in [2.45, 2.75) is 0 Å². The van der Waals surface area contributed by atoms with Crippen LogP contribution in [-0.2, 0) is 0 Å². The number of fused-ring (bicyclic) bond motifs is 3. The third kappa shape index (κ3) is 5.21. The average molecular weight is 576 g/mol. The molecule has 0 bridgehead atoms. The number of pyridine rings is 2. The van der Waals surface area contributed by atoms with Crippen LogP contribution in [0.2, 0.25) is 0 Å². The van der Waals surface area contributed by atoms with Gasteiger partial charge in [-0.3, -0.25) is 4.98 Å². The van der Waals surface area contributed by atoms with Gasteiger partial charge in [0, 0.05) is 28.2 Å². The molecule has 0 spiro atoms. The highest BCUT2D eigenvalue weighted by molar-refractivity contribution is 6.09. The quantitative estimate of drug-likeness (QED) is 0.185. The minimum absolute atomic E-state index is 0.861. The maximum atomic E-state index is 4.96. The Hall–Kier alpha value is -6.06. The van der Waals surface area contributed by atoms with E-state index < -0.39 is 0 Å². The van der Waals surface area contributed by atoms with Crippen molar-refractivity contribution in [3.8, 4) is 39.5 Å². The van der Waals surface area contributed by atoms with E-state index in [2.05, 4.69) is 143 Å². The Morgan fingerprint density at radius 3 is 1.64 bits per heavy atom. The van der Waals surface area contributed by atoms with Crippen LogP contribution in [0.15, 0.2) is 164 Å². The average Bonchev–Trinajstić information content (AvgIpc) is 3.46. The largest absolute Gasteiger partial charge is 0.309 e. The van der Waals surface area contributed by atoms with E-state index in [1.165, 1.54) is 21.8 Å². The molecule has 0 aliphatic rings. The monoisotopic (exact) mass is 575 g/mol. The summed E-state index contributed by atoms with van der Waals surface area (Å²) in [6, 6.07) is 55.2. The van der Waals surface area contributed by atoms with Crippen molar-refractivity contribution >= 4 is 34.0 Å². The summed E-state index contributed by atoms with van der Waals surface area (Å²) in [6.45, 7) is 0. The molecule has 3 heteroatoms. The van der Waals surface area contributed by atoms with Crippen LogP contribution in [0.4, 0.5) is 0 Å². The van der Waals surface area contributed by atoms with Crippen LogP contribution in [0.5, 0.6) is 0 Å². The SMILES string of the molecule is C(=C\c1ccc(-n2c3ccccc3c3ccccc32)cc1)/c1ccc(-c2cc(-c3ccccc3)nc(-c3ccccn3)c2)cc1. The predicted octanol–water partition coefficient (Wildman–Crippen LogP) is 10.7. The molecule has 0 saturated heterocycles. The van der Waals surface area contributed by atoms with Gasteiger partial charge in [-0.05, 0) is 70.8 Å². The van der Waals surface area contributed by atoms with Crippen LogP contribution < -0.4 is 0 Å². The Morgan fingerprint density at radius 2 is 1.00 bits per heavy atom. The molecule has 0 aliphatic heterocycles. The van der Waals surface area contributed by atoms with Crippen molar-refractivity contribution in [3.05, 3.63) is 175 Å². The summed E-state index contributed by atoms with van der Waals surface area (Å²) in [5.41, 5.74) is 11.9. The molecule has 212 valence electrons. The Morgan fingerprint density at radius 1 is 0.422 bits per heavy atom. The minimum atomic E-state index is 0.861. The van der Waals surface area contributed by atoms with Crippen molar-refractivity contribution in [1.82, 2.24) is 14.5 Å². The van der Waals surface area contributed by atoms with Gasteiger partial charge in [0.05, 0.1) is 28.1 Å². The zero-order chi connectivity index (χ0) is 30.0. The first-order valence-corrected chi connectivity index (χ1v) is 15.2. The van der Waals surface area contributed by atoms with E-state index in [9.17, 15) is 0 Å². The summed E-state index contributed by atoms with van der Waals surface area (Å²) in [5.74, 6) is 0. The molecule has 0 amide bonds. The Labute approximate surface area is 262 Å². The van der Waals surface area contributed by atoms with Crippen LogP contribution in [0.1, 0.15) is 11.1 Å². The molecule has 0 fully saturated rings. The molecule has 3 aromatic heterocycles. The molecule has 45 heavy (non-hydrogen) atoms. The first kappa shape index (κ1) is 26.6. The molecule has 0 radical (unpaired) electrons. The maximum Gasteiger partial charge on any atom is 0.0899 e. The van der Waals surface area contributed by atoms with Gasteiger partial charge in [-0.2, -0.15) is 0 Å². The summed E-state index contributed by atoms with van der Waals surface area (Å²) < 4.78 is 2.35. The lowest BCUT2D eigenvalue weighted by atomic mass is 10.00. The van der Waals surface area contributed by atoms with Crippen LogP contribution in [0, 0.1) is 0 Å². The first-order valence-electron chi connectivity index (χ1n) is 15.2. The third-order valence-electron chi connectivity index (χ3n) is 8.27. The van der Waals surface area contributed by atoms with E-state index >= 15 is 0 Å². The van der Waals surface area contributed by atoms with Gasteiger partial charge in [0.2, 0.25) is 0 Å². The third-order valence-corrected chi connectivity index (χ3v) is 8.27. The van der Waals surface area contributed by atoms with Gasteiger partial charge in [0.1, 0.15) is 0 Å². The molecule has 0 unspecified atom stereocenters. The standard InChI is InChI=1S/C42H29N3/c1-2-10-33(11-3-1)39-28-34(29-40(44-39)38-14-8-9-27-43-38)32-23-19-30(20-24-32)17-18-31-21-25-35(26-22-31)45-41-15-6-4-12-36(41)37-13-5-7-16-42(37)45/h1-29H/b18-17+. The number of para-hydroxylation sites is 2. The number of nitrogens with zero attached hydrogens (tertiary/aromatic N) is 3. The fourth-order valence-electron chi connectivity index (χ4n) is 6.01. The van der Waals surface area contributed by atoms with Gasteiger partial charge in [-0.1, -0.05) is 121 Å². The van der Waals surface area contributed by atoms with Gasteiger partial charge < -0.3 is 4.57 Å². The second-order valence-corrected chi connectivity index (χ2v) is 11.1. The number of aromatic nitrogens is 3. The van der Waals surface area contributed by atoms with E-state index in [-0.39, 0.29) is 0 Å². The van der Waals surface area contributed by atoms with Gasteiger partial charge in [-0.25, -0.2) is 4.98 Å². The van der Waals surface area contributed by atoms with E-state index in [0.717, 1.165) is 50.6 Å². The summed E-state index contributed by atoms with van der Waals surface area (Å²) in [7, 11) is 0. The zero-order valence-electron chi connectivity index (χ0n) is 24.6. The molecule has 0 aliphatic carbocycles. The molecule has 0 atom stereocenters. The molecule has 3 nitrogen and oxygen atoms in total. The second-order valence-electron chi connectivity index (χ2n) is 11.1. The molecule has 0 saturated carbocycles. The van der Waals surface area contributed by atoms with E-state index in [4.69, 9.17) is 4.98 Å². The maximum absolute atomic E-state index is 4.96. The number of benzene rings is 5. The van der Waals surface area contributed by atoms with E-state index in [1.54, 1.807) is 0 Å². The smallest absolute Gasteiger partial charge is 0.0899 e. The lowest BCUT2D eigenvalue weighted by Crippen LogP contribution is -1.93. The van der Waals surface area contributed by atoms with Crippen molar-refractivity contribution < 1.29 is 0 Å². The second kappa shape index (κ2) is 11.6. The molecule has 8 rings (SSSR count). The first-order chi connectivity index (χ1) is 22.3. The van der Waals surface area contributed by atoms with Gasteiger partial charge >= 0.3 is 0 Å². The van der Waals surface area contributed by atoms with Crippen molar-refractivity contribution in [3.63, 3.8) is 0 Å². The fraction of sp³-hybridized carbons (Fsp3) is 0. The Bertz CT molecular complexity index is 2170. The number of hydrogen-bond donors (Lipinski definition) is 0. The highest BCUT2D eigenvalue weighted by Crippen LogP contribution is 2.32. The molecule has 0 N–H and O–H groups in total. The molecular formula is C42H29N3. The van der Waals surface area contributed by atoms with E-state index in [0.29, 0.717) is 0 Å². The molecule has 3 heterocycles. The fourth-order valence-corrected chi connectivity index (χ4v) is 6.01. The summed E-state index contributed by atoms with van der Waals surface area (Å²) in [5, 5.41) is 2.55. The van der Waals surface area contributed by atoms with Crippen molar-refractivity contribution in [2.24, 2.45) is 0 Å². The van der Waals surface area contributed by atoms with Gasteiger partial charge in [0.15, 0.2) is 0 Å². The summed E-state index contributed by atoms with van der Waals surface area (Å²) in [6.07, 6.45) is 6.15. The lowest BCUT2D eigenvalue weighted by molar-refractivity contribution is 1.18. The Balaban J connectivity index is 1.07. The molecule has 8 aromatic rings. The Kier molecular flexibility index (Phi) is 6.82. The topological polar surface area (TPSA) is 30.7 Å². The molecular weight excluding hydrogens is 546 g/mol. The predicted molar refractivity (Wildman–Crippen MR) is 188 cm³/mol. The van der Waals surface area contributed by atoms with Crippen LogP contribution in [-0.4, -0.2) is 14.5 Å². The zero-order valence-corrected chi connectivity index (χ0v) is 24.6. The van der Waals surface area contributed by atoms with Crippen molar-refractivity contribution in [2.75, 3.05) is 0 Å². The minimum Gasteiger partial charge on any atom is -0.309 e. The van der Waals surface area contributed by atoms with Crippen LogP contribution in [0.3, 0.4) is 0 Å². The van der Waals surface area contributed by atoms with E-state index in [1.807, 2.05) is 42.6 Å². The van der Waals surface area contributed by atoms with Crippen LogP contribution >= 0.6 is 0 Å². The summed E-state index contributed by atoms with van der Waals surface area (Å²) >= 11 is 0. The van der Waals surface area contributed by atoms with Gasteiger partial charge in [-0.15, -0.1) is 0 Å². The van der Waals surface area contributed by atoms with Crippen molar-refractivity contribution in [1.29, 1.82) is 0 Å². The number of hydrogen-bond acceptors (Lipinski definition) is 2. The summed E-state index contributed by atoms with van der Waals surface area (Å²) in [4.78, 5) is 9.52.